The standard InChI is InChI=1S/C14H24N.ClH/c1-4-12-15(5-2,6-3)13-14-10-8-7-9-11-14;/h7-11H,4-6,12-13H2,1-3H3;1H/q+1;/p-1. The molecule has 1 nitrogen and oxygen atoms in total. The quantitative estimate of drug-likeness (QED) is 0.635. The van der Waals surface area contributed by atoms with Crippen LogP contribution in [0, 0.1) is 0 Å². The first-order valence-corrected chi connectivity index (χ1v) is 6.15. The van der Waals surface area contributed by atoms with Crippen LogP contribution in [0.2, 0.25) is 0 Å². The third kappa shape index (κ3) is 4.15. The van der Waals surface area contributed by atoms with Crippen molar-refractivity contribution in [1.29, 1.82) is 0 Å². The zero-order valence-electron chi connectivity index (χ0n) is 10.7. The van der Waals surface area contributed by atoms with Crippen LogP contribution in [0.4, 0.5) is 0 Å². The predicted molar refractivity (Wildman–Crippen MR) is 66.6 cm³/mol. The molecule has 2 heteroatoms. The van der Waals surface area contributed by atoms with Crippen LogP contribution in [0.1, 0.15) is 32.8 Å². The highest BCUT2D eigenvalue weighted by Gasteiger charge is 2.21. The Morgan fingerprint density at radius 1 is 0.938 bits per heavy atom. The van der Waals surface area contributed by atoms with Gasteiger partial charge in [0.1, 0.15) is 6.54 Å². The normalized spacial score (nSPS) is 10.9. The lowest BCUT2D eigenvalue weighted by atomic mass is 10.1. The maximum atomic E-state index is 2.31. The van der Waals surface area contributed by atoms with Gasteiger partial charge in [0.05, 0.1) is 19.6 Å². The number of halogens is 1. The van der Waals surface area contributed by atoms with Crippen molar-refractivity contribution in [2.45, 2.75) is 33.7 Å². The summed E-state index contributed by atoms with van der Waals surface area (Å²) in [6, 6.07) is 10.9. The molecule has 0 radical (unpaired) electrons. The molecule has 0 saturated carbocycles. The Kier molecular flexibility index (Phi) is 7.44. The molecule has 0 aliphatic carbocycles. The molecule has 0 atom stereocenters. The van der Waals surface area contributed by atoms with Gasteiger partial charge in [-0.3, -0.25) is 0 Å². The van der Waals surface area contributed by atoms with E-state index in [0.29, 0.717) is 0 Å². The fourth-order valence-electron chi connectivity index (χ4n) is 2.29. The molecule has 16 heavy (non-hydrogen) atoms. The number of hydrogen-bond acceptors (Lipinski definition) is 0. The van der Waals surface area contributed by atoms with E-state index in [0.717, 1.165) is 0 Å². The summed E-state index contributed by atoms with van der Waals surface area (Å²) in [5, 5.41) is 0. The highest BCUT2D eigenvalue weighted by Crippen LogP contribution is 2.14. The van der Waals surface area contributed by atoms with Gasteiger partial charge < -0.3 is 16.9 Å². The van der Waals surface area contributed by atoms with Gasteiger partial charge in [-0.05, 0) is 20.3 Å². The zero-order valence-corrected chi connectivity index (χ0v) is 11.5. The van der Waals surface area contributed by atoms with E-state index in [2.05, 4.69) is 51.1 Å². The number of hydrogen-bond donors (Lipinski definition) is 0. The molecular weight excluding hydrogens is 218 g/mol. The van der Waals surface area contributed by atoms with Gasteiger partial charge >= 0.3 is 0 Å². The van der Waals surface area contributed by atoms with Crippen molar-refractivity contribution in [3.63, 3.8) is 0 Å². The largest absolute Gasteiger partial charge is 1.00 e. The van der Waals surface area contributed by atoms with Gasteiger partial charge in [0.15, 0.2) is 0 Å². The summed E-state index contributed by atoms with van der Waals surface area (Å²) in [5.41, 5.74) is 1.47. The molecule has 0 fully saturated rings. The number of quaternary nitrogens is 1. The lowest BCUT2D eigenvalue weighted by Crippen LogP contribution is -3.00. The zero-order chi connectivity index (χ0) is 11.1. The maximum Gasteiger partial charge on any atom is 0.104 e. The molecule has 0 bridgehead atoms. The fourth-order valence-corrected chi connectivity index (χ4v) is 2.29. The van der Waals surface area contributed by atoms with E-state index in [1.807, 2.05) is 0 Å². The lowest BCUT2D eigenvalue weighted by molar-refractivity contribution is -0.937. The Labute approximate surface area is 106 Å². The van der Waals surface area contributed by atoms with E-state index in [1.54, 1.807) is 0 Å². The molecule has 1 aromatic rings. The molecule has 92 valence electrons. The van der Waals surface area contributed by atoms with E-state index < -0.39 is 0 Å². The first-order chi connectivity index (χ1) is 7.26. The van der Waals surface area contributed by atoms with E-state index in [-0.39, 0.29) is 12.4 Å². The summed E-state index contributed by atoms with van der Waals surface area (Å²) >= 11 is 0. The Hall–Kier alpha value is -0.530. The van der Waals surface area contributed by atoms with Crippen molar-refractivity contribution in [2.24, 2.45) is 0 Å². The summed E-state index contributed by atoms with van der Waals surface area (Å²) in [6.07, 6.45) is 1.27. The van der Waals surface area contributed by atoms with Crippen LogP contribution in [0.25, 0.3) is 0 Å². The fraction of sp³-hybridized carbons (Fsp3) is 0.571. The molecule has 0 aromatic heterocycles. The van der Waals surface area contributed by atoms with Crippen LogP contribution < -0.4 is 12.4 Å². The molecule has 1 rings (SSSR count). The van der Waals surface area contributed by atoms with Gasteiger partial charge in [0, 0.05) is 5.56 Å². The summed E-state index contributed by atoms with van der Waals surface area (Å²) in [6.45, 7) is 11.8. The van der Waals surface area contributed by atoms with Crippen molar-refractivity contribution in [1.82, 2.24) is 0 Å². The average Bonchev–Trinajstić information content (AvgIpc) is 2.30. The Balaban J connectivity index is 0.00000225. The van der Waals surface area contributed by atoms with Crippen LogP contribution in [0.15, 0.2) is 30.3 Å². The molecular formula is C14H24ClN. The third-order valence-corrected chi connectivity index (χ3v) is 3.40. The molecule has 0 amide bonds. The van der Waals surface area contributed by atoms with Crippen LogP contribution >= 0.6 is 0 Å². The first-order valence-electron chi connectivity index (χ1n) is 6.15. The number of nitrogens with zero attached hydrogens (tertiary/aromatic N) is 1. The van der Waals surface area contributed by atoms with Crippen LogP contribution in [0.5, 0.6) is 0 Å². The number of benzene rings is 1. The summed E-state index contributed by atoms with van der Waals surface area (Å²) in [4.78, 5) is 0. The molecule has 0 aliphatic rings. The molecule has 0 unspecified atom stereocenters. The summed E-state index contributed by atoms with van der Waals surface area (Å²) < 4.78 is 1.22. The highest BCUT2D eigenvalue weighted by molar-refractivity contribution is 5.13. The average molecular weight is 242 g/mol. The molecule has 0 heterocycles. The van der Waals surface area contributed by atoms with Crippen molar-refractivity contribution < 1.29 is 16.9 Å². The Morgan fingerprint density at radius 2 is 1.50 bits per heavy atom. The second-order valence-corrected chi connectivity index (χ2v) is 4.34. The summed E-state index contributed by atoms with van der Waals surface area (Å²) in [7, 11) is 0. The maximum absolute atomic E-state index is 2.31. The minimum absolute atomic E-state index is 0. The van der Waals surface area contributed by atoms with Crippen LogP contribution in [0.3, 0.4) is 0 Å². The van der Waals surface area contributed by atoms with Crippen molar-refractivity contribution in [2.75, 3.05) is 19.6 Å². The lowest BCUT2D eigenvalue weighted by Gasteiger charge is -2.36. The molecule has 0 aliphatic heterocycles. The van der Waals surface area contributed by atoms with Gasteiger partial charge in [-0.15, -0.1) is 0 Å². The molecule has 0 saturated heterocycles. The molecule has 0 N–H and O–H groups in total. The van der Waals surface area contributed by atoms with E-state index in [1.165, 1.54) is 42.6 Å². The molecule has 0 spiro atoms. The predicted octanol–water partition coefficient (Wildman–Crippen LogP) is 0.457. The Bertz CT molecular complexity index is 267. The second kappa shape index (κ2) is 7.70. The highest BCUT2D eigenvalue weighted by atomic mass is 35.5. The monoisotopic (exact) mass is 241 g/mol. The number of rotatable bonds is 6. The van der Waals surface area contributed by atoms with E-state index in [4.69, 9.17) is 0 Å². The minimum Gasteiger partial charge on any atom is -1.00 e. The van der Waals surface area contributed by atoms with Crippen molar-refractivity contribution >= 4 is 0 Å². The van der Waals surface area contributed by atoms with Crippen molar-refractivity contribution in [3.8, 4) is 0 Å². The van der Waals surface area contributed by atoms with E-state index in [9.17, 15) is 0 Å². The smallest absolute Gasteiger partial charge is 0.104 e. The van der Waals surface area contributed by atoms with Gasteiger partial charge in [0.25, 0.3) is 0 Å². The minimum atomic E-state index is 0. The van der Waals surface area contributed by atoms with Gasteiger partial charge in [-0.25, -0.2) is 0 Å². The van der Waals surface area contributed by atoms with E-state index >= 15 is 0 Å². The second-order valence-electron chi connectivity index (χ2n) is 4.34. The summed E-state index contributed by atoms with van der Waals surface area (Å²) in [5.74, 6) is 0. The van der Waals surface area contributed by atoms with Gasteiger partial charge in [-0.2, -0.15) is 0 Å². The van der Waals surface area contributed by atoms with Gasteiger partial charge in [-0.1, -0.05) is 37.3 Å². The topological polar surface area (TPSA) is 0 Å². The third-order valence-electron chi connectivity index (χ3n) is 3.40. The van der Waals surface area contributed by atoms with Crippen molar-refractivity contribution in [3.05, 3.63) is 35.9 Å². The first kappa shape index (κ1) is 15.5. The van der Waals surface area contributed by atoms with Crippen LogP contribution in [-0.2, 0) is 6.54 Å². The van der Waals surface area contributed by atoms with Gasteiger partial charge in [0.2, 0.25) is 0 Å². The SMILES string of the molecule is CCC[N+](CC)(CC)Cc1ccccc1.[Cl-]. The van der Waals surface area contributed by atoms with Crippen LogP contribution in [-0.4, -0.2) is 24.1 Å². The Morgan fingerprint density at radius 3 is 1.94 bits per heavy atom. The molecule has 1 aromatic carbocycles.